The molecule has 9 nitrogen and oxygen atoms in total. The Bertz CT molecular complexity index is 467. The molecule has 0 amide bonds. The average molecular weight is 267 g/mol. The number of likely N-dealkylation sites (tertiary alicyclic amines) is 1. The molecule has 2 heterocycles. The van der Waals surface area contributed by atoms with Gasteiger partial charge >= 0.3 is 5.69 Å². The molecule has 9 heteroatoms. The number of nitrogens with two attached hydrogens (primary N) is 1. The van der Waals surface area contributed by atoms with Crippen molar-refractivity contribution < 1.29 is 4.92 Å². The van der Waals surface area contributed by atoms with Crippen molar-refractivity contribution in [1.82, 2.24) is 14.9 Å². The van der Waals surface area contributed by atoms with Gasteiger partial charge in [0.2, 0.25) is 11.6 Å². The van der Waals surface area contributed by atoms with E-state index in [1.165, 1.54) is 6.33 Å². The van der Waals surface area contributed by atoms with Crippen LogP contribution in [-0.4, -0.2) is 46.0 Å². The van der Waals surface area contributed by atoms with E-state index in [1.807, 2.05) is 7.05 Å². The van der Waals surface area contributed by atoms with Gasteiger partial charge in [0.05, 0.1) is 4.92 Å². The van der Waals surface area contributed by atoms with E-state index in [4.69, 9.17) is 5.84 Å². The van der Waals surface area contributed by atoms with Crippen LogP contribution in [0.25, 0.3) is 0 Å². The Morgan fingerprint density at radius 3 is 2.89 bits per heavy atom. The second-order valence-electron chi connectivity index (χ2n) is 4.48. The summed E-state index contributed by atoms with van der Waals surface area (Å²) < 4.78 is 0. The summed E-state index contributed by atoms with van der Waals surface area (Å²) in [5.41, 5.74) is 1.98. The van der Waals surface area contributed by atoms with Crippen molar-refractivity contribution in [1.29, 1.82) is 0 Å². The first-order valence-electron chi connectivity index (χ1n) is 6.03. The Labute approximate surface area is 110 Å². The van der Waals surface area contributed by atoms with Crippen molar-refractivity contribution in [2.45, 2.75) is 18.9 Å². The van der Waals surface area contributed by atoms with E-state index in [1.54, 1.807) is 0 Å². The van der Waals surface area contributed by atoms with Crippen molar-refractivity contribution in [3.05, 3.63) is 16.4 Å². The number of likely N-dealkylation sites (N-methyl/N-ethyl adjacent to an activating group) is 1. The van der Waals surface area contributed by atoms with Gasteiger partial charge in [-0.25, -0.2) is 15.8 Å². The lowest BCUT2D eigenvalue weighted by Crippen LogP contribution is -2.32. The molecule has 1 aliphatic rings. The van der Waals surface area contributed by atoms with Gasteiger partial charge in [0, 0.05) is 12.6 Å². The summed E-state index contributed by atoms with van der Waals surface area (Å²) in [6.07, 6.45) is 3.46. The molecule has 0 radical (unpaired) electrons. The fraction of sp³-hybridized carbons (Fsp3) is 0.600. The zero-order valence-electron chi connectivity index (χ0n) is 10.7. The molecule has 104 valence electrons. The van der Waals surface area contributed by atoms with E-state index in [0.29, 0.717) is 12.6 Å². The van der Waals surface area contributed by atoms with Crippen LogP contribution in [0, 0.1) is 10.1 Å². The average Bonchev–Trinajstić information content (AvgIpc) is 2.81. The van der Waals surface area contributed by atoms with Crippen LogP contribution in [-0.2, 0) is 0 Å². The lowest BCUT2D eigenvalue weighted by Gasteiger charge is -2.19. The number of nitrogen functional groups attached to an aromatic ring is 1. The van der Waals surface area contributed by atoms with Crippen LogP contribution in [0.3, 0.4) is 0 Å². The number of nitrogens with one attached hydrogen (secondary N) is 2. The summed E-state index contributed by atoms with van der Waals surface area (Å²) in [5, 5.41) is 14.1. The van der Waals surface area contributed by atoms with Crippen LogP contribution in [0.2, 0.25) is 0 Å². The molecule has 0 saturated carbocycles. The summed E-state index contributed by atoms with van der Waals surface area (Å²) in [7, 11) is 2.04. The van der Waals surface area contributed by atoms with E-state index in [2.05, 4.69) is 25.6 Å². The zero-order valence-corrected chi connectivity index (χ0v) is 10.7. The van der Waals surface area contributed by atoms with E-state index in [9.17, 15) is 10.1 Å². The predicted octanol–water partition coefficient (Wildman–Crippen LogP) is 0.177. The maximum Gasteiger partial charge on any atom is 0.354 e. The van der Waals surface area contributed by atoms with Gasteiger partial charge < -0.3 is 15.6 Å². The minimum Gasteiger partial charge on any atom is -0.363 e. The summed E-state index contributed by atoms with van der Waals surface area (Å²) in [4.78, 5) is 20.4. The molecule has 0 aromatic carbocycles. The molecule has 0 bridgehead atoms. The van der Waals surface area contributed by atoms with Crippen molar-refractivity contribution in [3.63, 3.8) is 0 Å². The summed E-state index contributed by atoms with van der Waals surface area (Å²) in [6.45, 7) is 1.66. The molecule has 0 spiro atoms. The highest BCUT2D eigenvalue weighted by Gasteiger charge is 2.25. The molecule has 1 aliphatic heterocycles. The van der Waals surface area contributed by atoms with Gasteiger partial charge in [-0.3, -0.25) is 10.1 Å². The van der Waals surface area contributed by atoms with Crippen molar-refractivity contribution in [3.8, 4) is 0 Å². The lowest BCUT2D eigenvalue weighted by atomic mass is 10.2. The molecule has 1 saturated heterocycles. The first kappa shape index (κ1) is 13.4. The lowest BCUT2D eigenvalue weighted by molar-refractivity contribution is -0.383. The summed E-state index contributed by atoms with van der Waals surface area (Å²) in [6, 6.07) is 0.365. The summed E-state index contributed by atoms with van der Waals surface area (Å²) in [5.74, 6) is 5.41. The minimum absolute atomic E-state index is 0.00211. The van der Waals surface area contributed by atoms with Crippen molar-refractivity contribution >= 4 is 17.3 Å². The molecular formula is C10H17N7O2. The highest BCUT2D eigenvalue weighted by Crippen LogP contribution is 2.28. The largest absolute Gasteiger partial charge is 0.363 e. The second-order valence-corrected chi connectivity index (χ2v) is 4.48. The van der Waals surface area contributed by atoms with Gasteiger partial charge in [-0.1, -0.05) is 0 Å². The Kier molecular flexibility index (Phi) is 4.07. The molecule has 1 atom stereocenters. The molecule has 1 unspecified atom stereocenters. The van der Waals surface area contributed by atoms with Gasteiger partial charge in [0.25, 0.3) is 0 Å². The third-order valence-electron chi connectivity index (χ3n) is 3.32. The standard InChI is InChI=1S/C10H17N7O2/c1-16-4-2-3-7(16)5-12-9-8(17(18)19)10(15-11)14-6-13-9/h6-7H,2-5,11H2,1H3,(H2,12,13,14,15). The van der Waals surface area contributed by atoms with E-state index < -0.39 is 4.92 Å². The quantitative estimate of drug-likeness (QED) is 0.392. The van der Waals surface area contributed by atoms with Crippen LogP contribution in [0.1, 0.15) is 12.8 Å². The number of hydrogen-bond acceptors (Lipinski definition) is 8. The number of hydrazine groups is 1. The summed E-state index contributed by atoms with van der Waals surface area (Å²) >= 11 is 0. The first-order chi connectivity index (χ1) is 9.13. The van der Waals surface area contributed by atoms with Gasteiger partial charge in [-0.2, -0.15) is 0 Å². The Balaban J connectivity index is 2.13. The van der Waals surface area contributed by atoms with Crippen molar-refractivity contribution in [2.75, 3.05) is 30.9 Å². The molecule has 1 fully saturated rings. The van der Waals surface area contributed by atoms with Gasteiger partial charge in [0.1, 0.15) is 6.33 Å². The van der Waals surface area contributed by atoms with Crippen LogP contribution >= 0.6 is 0 Å². The SMILES string of the molecule is CN1CCCC1CNc1ncnc(NN)c1[N+](=O)[O-]. The van der Waals surface area contributed by atoms with Crippen LogP contribution in [0.15, 0.2) is 6.33 Å². The van der Waals surface area contributed by atoms with E-state index in [-0.39, 0.29) is 17.3 Å². The number of anilines is 2. The normalized spacial score (nSPS) is 19.4. The maximum absolute atomic E-state index is 11.0. The monoisotopic (exact) mass is 267 g/mol. The first-order valence-corrected chi connectivity index (χ1v) is 6.03. The number of rotatable bonds is 5. The van der Waals surface area contributed by atoms with Crippen molar-refractivity contribution in [2.24, 2.45) is 5.84 Å². The topological polar surface area (TPSA) is 122 Å². The number of aromatic nitrogens is 2. The van der Waals surface area contributed by atoms with E-state index in [0.717, 1.165) is 19.4 Å². The highest BCUT2D eigenvalue weighted by molar-refractivity contribution is 5.68. The zero-order chi connectivity index (χ0) is 13.8. The van der Waals surface area contributed by atoms with Gasteiger partial charge in [0.15, 0.2) is 0 Å². The molecule has 4 N–H and O–H groups in total. The third kappa shape index (κ3) is 2.88. The second kappa shape index (κ2) is 5.76. The molecular weight excluding hydrogens is 250 g/mol. The smallest absolute Gasteiger partial charge is 0.354 e. The minimum atomic E-state index is -0.546. The Morgan fingerprint density at radius 1 is 1.58 bits per heavy atom. The van der Waals surface area contributed by atoms with Crippen LogP contribution in [0.5, 0.6) is 0 Å². The Morgan fingerprint density at radius 2 is 2.32 bits per heavy atom. The number of nitrogens with zero attached hydrogens (tertiary/aromatic N) is 4. The van der Waals surface area contributed by atoms with E-state index >= 15 is 0 Å². The molecule has 19 heavy (non-hydrogen) atoms. The highest BCUT2D eigenvalue weighted by atomic mass is 16.6. The Hall–Kier alpha value is -2.00. The molecule has 1 aromatic heterocycles. The molecule has 0 aliphatic carbocycles. The van der Waals surface area contributed by atoms with Gasteiger partial charge in [-0.15, -0.1) is 0 Å². The molecule has 1 aromatic rings. The van der Waals surface area contributed by atoms with Crippen LogP contribution in [0.4, 0.5) is 17.3 Å². The van der Waals surface area contributed by atoms with Gasteiger partial charge in [-0.05, 0) is 26.4 Å². The maximum atomic E-state index is 11.0. The third-order valence-corrected chi connectivity index (χ3v) is 3.32. The predicted molar refractivity (Wildman–Crippen MR) is 70.6 cm³/mol. The fourth-order valence-corrected chi connectivity index (χ4v) is 2.24. The molecule has 2 rings (SSSR count). The van der Waals surface area contributed by atoms with Crippen LogP contribution < -0.4 is 16.6 Å². The number of hydrogen-bond donors (Lipinski definition) is 3. The number of nitro groups is 1. The fourth-order valence-electron chi connectivity index (χ4n) is 2.24.